The Morgan fingerprint density at radius 3 is 2.38 bits per heavy atom. The molecule has 0 radical (unpaired) electrons. The third kappa shape index (κ3) is 8.00. The van der Waals surface area contributed by atoms with Crippen LogP contribution < -0.4 is 11.1 Å². The van der Waals surface area contributed by atoms with Crippen molar-refractivity contribution in [1.29, 1.82) is 0 Å². The summed E-state index contributed by atoms with van der Waals surface area (Å²) in [5, 5.41) is 10.8. The molecule has 1 fully saturated rings. The smallest absolute Gasteiger partial charge is 0.317 e. The minimum atomic E-state index is -0.968. The van der Waals surface area contributed by atoms with Gasteiger partial charge in [-0.05, 0) is 42.6 Å². The lowest BCUT2D eigenvalue weighted by Crippen LogP contribution is -2.40. The molecule has 1 aromatic carbocycles. The summed E-state index contributed by atoms with van der Waals surface area (Å²) >= 11 is 0. The predicted molar refractivity (Wildman–Crippen MR) is 105 cm³/mol. The molecular weight excluding hydrogens is 328 g/mol. The Labute approximate surface area is 157 Å². The van der Waals surface area contributed by atoms with Gasteiger partial charge in [-0.15, -0.1) is 0 Å². The highest BCUT2D eigenvalue weighted by molar-refractivity contribution is 5.79. The summed E-state index contributed by atoms with van der Waals surface area (Å²) in [4.78, 5) is 21.8. The molecule has 26 heavy (non-hydrogen) atoms. The SMILES string of the molecule is CC1CC[C@@H](C(C)C)[C@H](C(=O)NCCc2ccccc2)C1.NCC(=O)O. The van der Waals surface area contributed by atoms with Crippen LogP contribution in [0.3, 0.4) is 0 Å². The highest BCUT2D eigenvalue weighted by atomic mass is 16.4. The van der Waals surface area contributed by atoms with Crippen LogP contribution in [0.25, 0.3) is 0 Å². The first-order chi connectivity index (χ1) is 12.3. The lowest BCUT2D eigenvalue weighted by Gasteiger charge is -2.36. The fraction of sp³-hybridized carbons (Fsp3) is 0.619. The zero-order valence-electron chi connectivity index (χ0n) is 16.3. The summed E-state index contributed by atoms with van der Waals surface area (Å²) in [6, 6.07) is 10.4. The maximum Gasteiger partial charge on any atom is 0.317 e. The molecule has 5 heteroatoms. The molecule has 1 aliphatic carbocycles. The van der Waals surface area contributed by atoms with Gasteiger partial charge in [-0.3, -0.25) is 9.59 Å². The van der Waals surface area contributed by atoms with Gasteiger partial charge in [0.15, 0.2) is 0 Å². The number of hydrogen-bond donors (Lipinski definition) is 3. The highest BCUT2D eigenvalue weighted by Crippen LogP contribution is 2.38. The second kappa shape index (κ2) is 11.7. The van der Waals surface area contributed by atoms with Crippen LogP contribution in [0.1, 0.15) is 45.6 Å². The molecule has 4 N–H and O–H groups in total. The van der Waals surface area contributed by atoms with E-state index in [9.17, 15) is 9.59 Å². The minimum Gasteiger partial charge on any atom is -0.480 e. The van der Waals surface area contributed by atoms with Crippen molar-refractivity contribution in [2.45, 2.75) is 46.5 Å². The van der Waals surface area contributed by atoms with Crippen molar-refractivity contribution in [3.63, 3.8) is 0 Å². The minimum absolute atomic E-state index is 0.213. The molecule has 0 aliphatic heterocycles. The molecule has 0 heterocycles. The molecule has 0 aromatic heterocycles. The van der Waals surface area contributed by atoms with E-state index in [-0.39, 0.29) is 18.4 Å². The van der Waals surface area contributed by atoms with E-state index in [4.69, 9.17) is 5.11 Å². The van der Waals surface area contributed by atoms with Crippen molar-refractivity contribution in [3.8, 4) is 0 Å². The molecule has 0 bridgehead atoms. The van der Waals surface area contributed by atoms with Crippen LogP contribution in [0.15, 0.2) is 30.3 Å². The van der Waals surface area contributed by atoms with Crippen LogP contribution in [-0.4, -0.2) is 30.1 Å². The van der Waals surface area contributed by atoms with Crippen LogP contribution in [0.5, 0.6) is 0 Å². The van der Waals surface area contributed by atoms with Crippen molar-refractivity contribution in [2.24, 2.45) is 29.4 Å². The number of hydrogen-bond acceptors (Lipinski definition) is 3. The third-order valence-corrected chi connectivity index (χ3v) is 5.09. The van der Waals surface area contributed by atoms with Crippen LogP contribution in [-0.2, 0) is 16.0 Å². The summed E-state index contributed by atoms with van der Waals surface area (Å²) in [6.45, 7) is 7.26. The Hall–Kier alpha value is -1.88. The topological polar surface area (TPSA) is 92.4 Å². The standard InChI is InChI=1S/C19H29NO.C2H5NO2/c1-14(2)17-10-9-15(3)13-18(17)19(21)20-12-11-16-7-5-4-6-8-16;3-1-2(4)5/h4-8,14-15,17-18H,9-13H2,1-3H3,(H,20,21);1,3H2,(H,4,5)/t15?,17-,18+;/m0./s1. The molecule has 146 valence electrons. The Balaban J connectivity index is 0.000000597. The van der Waals surface area contributed by atoms with E-state index >= 15 is 0 Å². The van der Waals surface area contributed by atoms with Crippen LogP contribution in [0.2, 0.25) is 0 Å². The fourth-order valence-corrected chi connectivity index (χ4v) is 3.61. The van der Waals surface area contributed by atoms with Crippen molar-refractivity contribution < 1.29 is 14.7 Å². The number of nitrogens with one attached hydrogen (secondary N) is 1. The number of carbonyl (C=O) groups excluding carboxylic acids is 1. The summed E-state index contributed by atoms with van der Waals surface area (Å²) in [7, 11) is 0. The van der Waals surface area contributed by atoms with Crippen LogP contribution >= 0.6 is 0 Å². The quantitative estimate of drug-likeness (QED) is 0.725. The van der Waals surface area contributed by atoms with E-state index < -0.39 is 5.97 Å². The molecular formula is C21H34N2O3. The Morgan fingerprint density at radius 2 is 1.85 bits per heavy atom. The van der Waals surface area contributed by atoms with Crippen molar-refractivity contribution in [2.75, 3.05) is 13.1 Å². The Morgan fingerprint density at radius 1 is 1.23 bits per heavy atom. The zero-order chi connectivity index (χ0) is 19.5. The summed E-state index contributed by atoms with van der Waals surface area (Å²) in [5.74, 6) is 1.36. The fourth-order valence-electron chi connectivity index (χ4n) is 3.61. The van der Waals surface area contributed by atoms with Crippen LogP contribution in [0.4, 0.5) is 0 Å². The Bertz CT molecular complexity index is 545. The van der Waals surface area contributed by atoms with Gasteiger partial charge in [0.25, 0.3) is 0 Å². The highest BCUT2D eigenvalue weighted by Gasteiger charge is 2.35. The molecule has 1 unspecified atom stereocenters. The molecule has 2 rings (SSSR count). The first-order valence-electron chi connectivity index (χ1n) is 9.58. The predicted octanol–water partition coefficient (Wildman–Crippen LogP) is 3.08. The van der Waals surface area contributed by atoms with E-state index in [0.717, 1.165) is 19.4 Å². The molecule has 1 amide bonds. The lowest BCUT2D eigenvalue weighted by atomic mass is 9.70. The van der Waals surface area contributed by atoms with Gasteiger partial charge in [0, 0.05) is 12.5 Å². The van der Waals surface area contributed by atoms with Crippen LogP contribution in [0, 0.1) is 23.7 Å². The zero-order valence-corrected chi connectivity index (χ0v) is 16.3. The summed E-state index contributed by atoms with van der Waals surface area (Å²) in [5.41, 5.74) is 5.86. The number of carbonyl (C=O) groups is 2. The second-order valence-electron chi connectivity index (χ2n) is 7.56. The van der Waals surface area contributed by atoms with Gasteiger partial charge in [-0.25, -0.2) is 0 Å². The normalized spacial score (nSPS) is 22.3. The molecule has 1 saturated carbocycles. The van der Waals surface area contributed by atoms with Crippen molar-refractivity contribution in [1.82, 2.24) is 5.32 Å². The number of amides is 1. The number of carboxylic acids is 1. The van der Waals surface area contributed by atoms with Gasteiger partial charge in [0.05, 0.1) is 6.54 Å². The van der Waals surface area contributed by atoms with E-state index in [1.54, 1.807) is 0 Å². The maximum atomic E-state index is 12.5. The van der Waals surface area contributed by atoms with E-state index in [1.165, 1.54) is 18.4 Å². The molecule has 0 saturated heterocycles. The van der Waals surface area contributed by atoms with Crippen molar-refractivity contribution in [3.05, 3.63) is 35.9 Å². The number of aliphatic carboxylic acids is 1. The molecule has 3 atom stereocenters. The maximum absolute atomic E-state index is 12.5. The largest absolute Gasteiger partial charge is 0.480 e. The number of carboxylic acid groups (broad SMARTS) is 1. The first-order valence-corrected chi connectivity index (χ1v) is 9.58. The second-order valence-corrected chi connectivity index (χ2v) is 7.56. The number of rotatable bonds is 6. The average molecular weight is 363 g/mol. The van der Waals surface area contributed by atoms with E-state index in [0.29, 0.717) is 17.8 Å². The Kier molecular flexibility index (Phi) is 9.96. The molecule has 0 spiro atoms. The van der Waals surface area contributed by atoms with Gasteiger partial charge in [0.2, 0.25) is 5.91 Å². The van der Waals surface area contributed by atoms with E-state index in [2.05, 4.69) is 56.1 Å². The van der Waals surface area contributed by atoms with Crippen molar-refractivity contribution >= 4 is 11.9 Å². The first kappa shape index (κ1) is 22.2. The molecule has 5 nitrogen and oxygen atoms in total. The number of benzene rings is 1. The summed E-state index contributed by atoms with van der Waals surface area (Å²) in [6.07, 6.45) is 4.45. The lowest BCUT2D eigenvalue weighted by molar-refractivity contribution is -0.135. The monoisotopic (exact) mass is 362 g/mol. The van der Waals surface area contributed by atoms with Gasteiger partial charge in [-0.2, -0.15) is 0 Å². The third-order valence-electron chi connectivity index (χ3n) is 5.09. The van der Waals surface area contributed by atoms with Gasteiger partial charge in [0.1, 0.15) is 0 Å². The molecule has 1 aromatic rings. The van der Waals surface area contributed by atoms with Gasteiger partial charge in [-0.1, -0.05) is 57.5 Å². The van der Waals surface area contributed by atoms with Gasteiger partial charge >= 0.3 is 5.97 Å². The average Bonchev–Trinajstić information content (AvgIpc) is 2.62. The number of nitrogens with two attached hydrogens (primary N) is 1. The molecule has 1 aliphatic rings. The van der Waals surface area contributed by atoms with Gasteiger partial charge < -0.3 is 16.2 Å². The summed E-state index contributed by atoms with van der Waals surface area (Å²) < 4.78 is 0. The van der Waals surface area contributed by atoms with E-state index in [1.807, 2.05) is 6.07 Å².